The number of imidazole rings is 1. The highest BCUT2D eigenvalue weighted by Crippen LogP contribution is 2.31. The quantitative estimate of drug-likeness (QED) is 0.310. The average Bonchev–Trinajstić information content (AvgIpc) is 3.58. The smallest absolute Gasteiger partial charge is 0.159 e. The number of hydrogen-bond donors (Lipinski definition) is 2. The molecule has 1 aliphatic rings. The highest BCUT2D eigenvalue weighted by Gasteiger charge is 2.17. The first-order chi connectivity index (χ1) is 18.7. The highest BCUT2D eigenvalue weighted by atomic mass is 19.1. The van der Waals surface area contributed by atoms with Crippen molar-refractivity contribution in [3.05, 3.63) is 78.6 Å². The Morgan fingerprint density at radius 2 is 1.71 bits per heavy atom. The molecule has 9 heteroatoms. The lowest BCUT2D eigenvalue weighted by Crippen LogP contribution is -2.29. The fourth-order valence-corrected chi connectivity index (χ4v) is 5.21. The van der Waals surface area contributed by atoms with Gasteiger partial charge in [0.05, 0.1) is 28.6 Å². The fraction of sp³-hybridized carbons (Fsp3) is 0.207. The summed E-state index contributed by atoms with van der Waals surface area (Å²) in [7, 11) is 0. The Hall–Kier alpha value is -4.50. The average molecular weight is 505 g/mol. The number of benzene rings is 1. The Kier molecular flexibility index (Phi) is 5.62. The molecule has 0 atom stereocenters. The molecular formula is C29H25FN8. The molecule has 6 aromatic rings. The summed E-state index contributed by atoms with van der Waals surface area (Å²) >= 11 is 0. The molecule has 1 aliphatic heterocycles. The topological polar surface area (TPSA) is 99.3 Å². The minimum atomic E-state index is -0.289. The molecule has 0 radical (unpaired) electrons. The zero-order valence-electron chi connectivity index (χ0n) is 20.7. The van der Waals surface area contributed by atoms with Crippen LogP contribution < -0.4 is 0 Å². The van der Waals surface area contributed by atoms with Crippen molar-refractivity contribution < 1.29 is 4.39 Å². The van der Waals surface area contributed by atoms with E-state index in [2.05, 4.69) is 41.1 Å². The number of likely N-dealkylation sites (tertiary alicyclic amines) is 1. The number of fused-ring (bicyclic) bond motifs is 2. The summed E-state index contributed by atoms with van der Waals surface area (Å²) in [6.45, 7) is 3.19. The molecular weight excluding hydrogens is 479 g/mol. The Morgan fingerprint density at radius 1 is 0.842 bits per heavy atom. The minimum absolute atomic E-state index is 0.289. The van der Waals surface area contributed by atoms with E-state index in [1.807, 2.05) is 24.5 Å². The van der Waals surface area contributed by atoms with Crippen LogP contribution in [0.3, 0.4) is 0 Å². The van der Waals surface area contributed by atoms with Crippen molar-refractivity contribution in [1.82, 2.24) is 40.0 Å². The van der Waals surface area contributed by atoms with Gasteiger partial charge in [-0.1, -0.05) is 6.42 Å². The molecule has 0 spiro atoms. The van der Waals surface area contributed by atoms with E-state index < -0.39 is 0 Å². The van der Waals surface area contributed by atoms with Gasteiger partial charge in [0.15, 0.2) is 5.82 Å². The van der Waals surface area contributed by atoms with Gasteiger partial charge >= 0.3 is 0 Å². The summed E-state index contributed by atoms with van der Waals surface area (Å²) in [5.41, 5.74) is 7.52. The summed E-state index contributed by atoms with van der Waals surface area (Å²) in [5, 5.41) is 8.54. The van der Waals surface area contributed by atoms with Crippen molar-refractivity contribution in [1.29, 1.82) is 0 Å². The number of pyridine rings is 3. The van der Waals surface area contributed by atoms with E-state index in [1.165, 1.54) is 37.0 Å². The van der Waals surface area contributed by atoms with E-state index in [1.54, 1.807) is 24.5 Å². The maximum absolute atomic E-state index is 13.5. The molecule has 0 saturated carbocycles. The van der Waals surface area contributed by atoms with Crippen molar-refractivity contribution in [3.63, 3.8) is 0 Å². The zero-order valence-corrected chi connectivity index (χ0v) is 20.7. The third kappa shape index (κ3) is 4.20. The van der Waals surface area contributed by atoms with E-state index in [-0.39, 0.29) is 5.82 Å². The Bertz CT molecular complexity index is 1750. The number of hydrogen-bond acceptors (Lipinski definition) is 6. The number of aromatic amines is 2. The van der Waals surface area contributed by atoms with Crippen molar-refractivity contribution in [2.45, 2.75) is 25.8 Å². The summed E-state index contributed by atoms with van der Waals surface area (Å²) in [6.07, 6.45) is 11.2. The molecule has 7 rings (SSSR count). The van der Waals surface area contributed by atoms with Crippen molar-refractivity contribution in [2.24, 2.45) is 0 Å². The van der Waals surface area contributed by atoms with Crippen LogP contribution in [0.4, 0.5) is 4.39 Å². The first-order valence-corrected chi connectivity index (χ1v) is 12.8. The maximum atomic E-state index is 13.5. The molecule has 188 valence electrons. The molecule has 0 unspecified atom stereocenters. The summed E-state index contributed by atoms with van der Waals surface area (Å²) in [5.74, 6) is 0.333. The second-order valence-electron chi connectivity index (χ2n) is 9.75. The third-order valence-corrected chi connectivity index (χ3v) is 7.14. The second-order valence-corrected chi connectivity index (χ2v) is 9.75. The molecule has 5 aromatic heterocycles. The van der Waals surface area contributed by atoms with Gasteiger partial charge in [-0.2, -0.15) is 5.10 Å². The van der Waals surface area contributed by atoms with E-state index in [9.17, 15) is 4.39 Å². The normalized spacial score (nSPS) is 14.4. The molecule has 2 N–H and O–H groups in total. The van der Waals surface area contributed by atoms with Crippen LogP contribution in [-0.4, -0.2) is 53.1 Å². The number of aromatic nitrogens is 7. The SMILES string of the molecule is Fc1ccc(-c2nccc3[nH]c(-c4n[nH]c5cnc(-c6cncc(CN7CCCCC7)c6)cc45)nc23)cc1. The Labute approximate surface area is 218 Å². The molecule has 0 aliphatic carbocycles. The van der Waals surface area contributed by atoms with Crippen molar-refractivity contribution >= 4 is 21.9 Å². The lowest BCUT2D eigenvalue weighted by Gasteiger charge is -2.26. The number of nitrogens with zero attached hydrogens (tertiary/aromatic N) is 6. The van der Waals surface area contributed by atoms with Crippen molar-refractivity contribution in [3.8, 4) is 34.0 Å². The second kappa shape index (κ2) is 9.42. The number of H-pyrrole nitrogens is 2. The van der Waals surface area contributed by atoms with Gasteiger partial charge in [-0.3, -0.25) is 25.0 Å². The van der Waals surface area contributed by atoms with Crippen LogP contribution in [0.25, 0.3) is 56.0 Å². The number of piperidine rings is 1. The van der Waals surface area contributed by atoms with E-state index in [0.29, 0.717) is 22.7 Å². The number of rotatable bonds is 5. The number of nitrogens with one attached hydrogen (secondary N) is 2. The van der Waals surface area contributed by atoms with Gasteiger partial charge in [-0.15, -0.1) is 0 Å². The van der Waals surface area contributed by atoms with Crippen LogP contribution in [-0.2, 0) is 6.54 Å². The van der Waals surface area contributed by atoms with Crippen LogP contribution in [0.5, 0.6) is 0 Å². The first kappa shape index (κ1) is 22.7. The van der Waals surface area contributed by atoms with E-state index >= 15 is 0 Å². The lowest BCUT2D eigenvalue weighted by molar-refractivity contribution is 0.220. The van der Waals surface area contributed by atoms with Gasteiger partial charge in [0.2, 0.25) is 0 Å². The highest BCUT2D eigenvalue weighted by molar-refractivity contribution is 5.96. The monoisotopic (exact) mass is 504 g/mol. The maximum Gasteiger partial charge on any atom is 0.159 e. The zero-order chi connectivity index (χ0) is 25.5. The molecule has 6 heterocycles. The predicted octanol–water partition coefficient (Wildman–Crippen LogP) is 5.75. The van der Waals surface area contributed by atoms with Crippen molar-refractivity contribution in [2.75, 3.05) is 13.1 Å². The van der Waals surface area contributed by atoms with E-state index in [4.69, 9.17) is 4.98 Å². The molecule has 1 saturated heterocycles. The van der Waals surface area contributed by atoms with Gasteiger partial charge in [0.25, 0.3) is 0 Å². The largest absolute Gasteiger partial charge is 0.336 e. The summed E-state index contributed by atoms with van der Waals surface area (Å²) < 4.78 is 13.5. The molecule has 1 fully saturated rings. The van der Waals surface area contributed by atoms with Crippen LogP contribution >= 0.6 is 0 Å². The predicted molar refractivity (Wildman–Crippen MR) is 145 cm³/mol. The molecule has 1 aromatic carbocycles. The molecule has 0 bridgehead atoms. The first-order valence-electron chi connectivity index (χ1n) is 12.8. The lowest BCUT2D eigenvalue weighted by atomic mass is 10.1. The van der Waals surface area contributed by atoms with Gasteiger partial charge in [0, 0.05) is 41.6 Å². The standard InChI is InChI=1S/C29H25FN8/c30-21-6-4-19(5-7-21)26-28-23(8-9-32-26)34-29(35-28)27-22-13-24(33-16-25(22)36-37-27)20-12-18(14-31-15-20)17-38-10-2-1-3-11-38/h4-9,12-16H,1-3,10-11,17H2,(H,34,35)(H,36,37). The van der Waals surface area contributed by atoms with Gasteiger partial charge < -0.3 is 4.98 Å². The Morgan fingerprint density at radius 3 is 2.58 bits per heavy atom. The molecule has 38 heavy (non-hydrogen) atoms. The van der Waals surface area contributed by atoms with Crippen LogP contribution in [0.15, 0.2) is 67.3 Å². The number of halogens is 1. The van der Waals surface area contributed by atoms with Crippen LogP contribution in [0, 0.1) is 5.82 Å². The minimum Gasteiger partial charge on any atom is -0.336 e. The summed E-state index contributed by atoms with van der Waals surface area (Å²) in [4.78, 5) is 24.4. The van der Waals surface area contributed by atoms with Crippen LogP contribution in [0.1, 0.15) is 24.8 Å². The molecule has 8 nitrogen and oxygen atoms in total. The van der Waals surface area contributed by atoms with Gasteiger partial charge in [-0.05, 0) is 74.0 Å². The van der Waals surface area contributed by atoms with E-state index in [0.717, 1.165) is 52.9 Å². The van der Waals surface area contributed by atoms with Crippen LogP contribution in [0.2, 0.25) is 0 Å². The summed E-state index contributed by atoms with van der Waals surface area (Å²) in [6, 6.07) is 12.4. The fourth-order valence-electron chi connectivity index (χ4n) is 5.21. The Balaban J connectivity index is 1.25. The molecule has 0 amide bonds. The van der Waals surface area contributed by atoms with Gasteiger partial charge in [-0.25, -0.2) is 9.37 Å². The third-order valence-electron chi connectivity index (χ3n) is 7.14. The van der Waals surface area contributed by atoms with Gasteiger partial charge in [0.1, 0.15) is 17.0 Å².